The highest BCUT2D eigenvalue weighted by Gasteiger charge is 2.16. The highest BCUT2D eigenvalue weighted by Crippen LogP contribution is 2.13. The minimum Gasteiger partial charge on any atom is -0.369 e. The van der Waals surface area contributed by atoms with Crippen molar-refractivity contribution in [2.24, 2.45) is 5.73 Å². The van der Waals surface area contributed by atoms with Crippen LogP contribution in [0.2, 0.25) is 0 Å². The number of carbonyl (C=O) groups is 2. The van der Waals surface area contributed by atoms with Gasteiger partial charge in [0.1, 0.15) is 0 Å². The molecule has 0 radical (unpaired) electrons. The first-order chi connectivity index (χ1) is 9.27. The monoisotopic (exact) mass is 277 g/mol. The van der Waals surface area contributed by atoms with Gasteiger partial charge in [-0.2, -0.15) is 0 Å². The van der Waals surface area contributed by atoms with Crippen LogP contribution in [-0.4, -0.2) is 35.8 Å². The first-order valence-electron chi connectivity index (χ1n) is 6.68. The molecular weight excluding hydrogens is 254 g/mol. The zero-order chi connectivity index (χ0) is 15.3. The lowest BCUT2D eigenvalue weighted by Gasteiger charge is -2.24. The van der Waals surface area contributed by atoms with Crippen molar-refractivity contribution < 1.29 is 9.59 Å². The zero-order valence-electron chi connectivity index (χ0n) is 12.6. The van der Waals surface area contributed by atoms with Crippen LogP contribution in [0.3, 0.4) is 0 Å². The number of benzene rings is 1. The highest BCUT2D eigenvalue weighted by molar-refractivity contribution is 5.92. The Kier molecular flexibility index (Phi) is 5.70. The number of primary amides is 1. The summed E-state index contributed by atoms with van der Waals surface area (Å²) in [6.07, 6.45) is 0. The fourth-order valence-electron chi connectivity index (χ4n) is 2.05. The molecule has 110 valence electrons. The number of anilines is 1. The summed E-state index contributed by atoms with van der Waals surface area (Å²) in [6, 6.07) is 5.95. The van der Waals surface area contributed by atoms with E-state index in [1.807, 2.05) is 45.9 Å². The van der Waals surface area contributed by atoms with E-state index in [1.54, 1.807) is 4.90 Å². The molecule has 3 N–H and O–H groups in total. The zero-order valence-corrected chi connectivity index (χ0v) is 12.6. The van der Waals surface area contributed by atoms with Crippen molar-refractivity contribution in [3.8, 4) is 0 Å². The second-order valence-corrected chi connectivity index (χ2v) is 5.39. The van der Waals surface area contributed by atoms with E-state index in [-0.39, 0.29) is 25.0 Å². The Hall–Kier alpha value is -1.88. The predicted molar refractivity (Wildman–Crippen MR) is 80.4 cm³/mol. The van der Waals surface area contributed by atoms with Gasteiger partial charge in [-0.05, 0) is 51.0 Å². The maximum absolute atomic E-state index is 12.0. The van der Waals surface area contributed by atoms with Gasteiger partial charge >= 0.3 is 0 Å². The summed E-state index contributed by atoms with van der Waals surface area (Å²) in [5, 5.41) is 2.85. The van der Waals surface area contributed by atoms with Gasteiger partial charge in [-0.3, -0.25) is 14.5 Å². The molecule has 20 heavy (non-hydrogen) atoms. The van der Waals surface area contributed by atoms with Gasteiger partial charge in [-0.1, -0.05) is 6.07 Å². The van der Waals surface area contributed by atoms with Crippen molar-refractivity contribution in [2.75, 3.05) is 18.4 Å². The van der Waals surface area contributed by atoms with Gasteiger partial charge in [0, 0.05) is 11.7 Å². The third kappa shape index (κ3) is 5.40. The van der Waals surface area contributed by atoms with Crippen molar-refractivity contribution in [3.05, 3.63) is 29.3 Å². The van der Waals surface area contributed by atoms with Gasteiger partial charge in [0.25, 0.3) is 0 Å². The molecule has 1 aromatic rings. The van der Waals surface area contributed by atoms with Crippen LogP contribution in [0.5, 0.6) is 0 Å². The molecule has 0 aromatic heterocycles. The molecule has 5 nitrogen and oxygen atoms in total. The minimum atomic E-state index is -0.432. The van der Waals surface area contributed by atoms with E-state index >= 15 is 0 Å². The van der Waals surface area contributed by atoms with Crippen LogP contribution in [-0.2, 0) is 9.59 Å². The van der Waals surface area contributed by atoms with Crippen LogP contribution in [0.15, 0.2) is 18.2 Å². The number of hydrogen-bond acceptors (Lipinski definition) is 3. The summed E-state index contributed by atoms with van der Waals surface area (Å²) >= 11 is 0. The van der Waals surface area contributed by atoms with Gasteiger partial charge in [0.05, 0.1) is 13.1 Å². The number of carbonyl (C=O) groups excluding carboxylic acids is 2. The molecule has 0 aliphatic heterocycles. The summed E-state index contributed by atoms with van der Waals surface area (Å²) < 4.78 is 0. The van der Waals surface area contributed by atoms with E-state index in [9.17, 15) is 9.59 Å². The molecule has 2 amide bonds. The van der Waals surface area contributed by atoms with Gasteiger partial charge in [0.15, 0.2) is 0 Å². The Morgan fingerprint density at radius 2 is 1.70 bits per heavy atom. The van der Waals surface area contributed by atoms with E-state index in [2.05, 4.69) is 5.32 Å². The number of hydrogen-bond donors (Lipinski definition) is 2. The van der Waals surface area contributed by atoms with Crippen LogP contribution in [0.4, 0.5) is 5.69 Å². The third-order valence-electron chi connectivity index (χ3n) is 2.94. The Morgan fingerprint density at radius 3 is 2.15 bits per heavy atom. The summed E-state index contributed by atoms with van der Waals surface area (Å²) in [6.45, 7) is 8.04. The highest BCUT2D eigenvalue weighted by atomic mass is 16.2. The lowest BCUT2D eigenvalue weighted by molar-refractivity contribution is -0.121. The Morgan fingerprint density at radius 1 is 1.15 bits per heavy atom. The summed E-state index contributed by atoms with van der Waals surface area (Å²) in [7, 11) is 0. The predicted octanol–water partition coefficient (Wildman–Crippen LogP) is 1.44. The van der Waals surface area contributed by atoms with Gasteiger partial charge in [-0.15, -0.1) is 0 Å². The second-order valence-electron chi connectivity index (χ2n) is 5.39. The van der Waals surface area contributed by atoms with E-state index in [1.165, 1.54) is 0 Å². The molecule has 0 bridgehead atoms. The molecule has 1 aromatic carbocycles. The summed E-state index contributed by atoms with van der Waals surface area (Å²) in [4.78, 5) is 24.8. The Bertz CT molecular complexity index is 478. The third-order valence-corrected chi connectivity index (χ3v) is 2.94. The smallest absolute Gasteiger partial charge is 0.238 e. The Labute approximate surface area is 120 Å². The molecule has 0 atom stereocenters. The van der Waals surface area contributed by atoms with Crippen molar-refractivity contribution in [1.82, 2.24) is 4.90 Å². The van der Waals surface area contributed by atoms with E-state index in [0.29, 0.717) is 0 Å². The Balaban J connectivity index is 2.67. The molecule has 0 fully saturated rings. The number of nitrogens with two attached hydrogens (primary N) is 1. The maximum Gasteiger partial charge on any atom is 0.238 e. The van der Waals surface area contributed by atoms with Crippen molar-refractivity contribution in [1.29, 1.82) is 0 Å². The first-order valence-corrected chi connectivity index (χ1v) is 6.68. The second kappa shape index (κ2) is 7.05. The van der Waals surface area contributed by atoms with Crippen molar-refractivity contribution in [3.63, 3.8) is 0 Å². The molecule has 1 rings (SSSR count). The molecule has 0 spiro atoms. The SMILES string of the molecule is Cc1cc(C)cc(NC(=O)CN(CC(N)=O)C(C)C)c1. The van der Waals surface area contributed by atoms with E-state index < -0.39 is 5.91 Å². The van der Waals surface area contributed by atoms with Crippen LogP contribution >= 0.6 is 0 Å². The van der Waals surface area contributed by atoms with E-state index in [0.717, 1.165) is 16.8 Å². The molecule has 0 aliphatic rings. The first kappa shape index (κ1) is 16.2. The molecule has 0 saturated heterocycles. The van der Waals surface area contributed by atoms with Crippen LogP contribution < -0.4 is 11.1 Å². The molecule has 0 unspecified atom stereocenters. The molecule has 0 aliphatic carbocycles. The van der Waals surface area contributed by atoms with Gasteiger partial charge in [-0.25, -0.2) is 0 Å². The lowest BCUT2D eigenvalue weighted by atomic mass is 10.1. The summed E-state index contributed by atoms with van der Waals surface area (Å²) in [5.74, 6) is -0.581. The molecular formula is C15H23N3O2. The molecule has 0 heterocycles. The fourth-order valence-corrected chi connectivity index (χ4v) is 2.05. The normalized spacial score (nSPS) is 10.9. The quantitative estimate of drug-likeness (QED) is 0.826. The average molecular weight is 277 g/mol. The van der Waals surface area contributed by atoms with Gasteiger partial charge in [0.2, 0.25) is 11.8 Å². The summed E-state index contributed by atoms with van der Waals surface area (Å²) in [5.41, 5.74) is 8.15. The minimum absolute atomic E-state index is 0.0764. The molecule has 0 saturated carbocycles. The van der Waals surface area contributed by atoms with E-state index in [4.69, 9.17) is 5.73 Å². The number of nitrogens with zero attached hydrogens (tertiary/aromatic N) is 1. The lowest BCUT2D eigenvalue weighted by Crippen LogP contribution is -2.43. The van der Waals surface area contributed by atoms with Crippen LogP contribution in [0.1, 0.15) is 25.0 Å². The fraction of sp³-hybridized carbons (Fsp3) is 0.467. The average Bonchev–Trinajstić information content (AvgIpc) is 2.25. The standard InChI is InChI=1S/C15H23N3O2/c1-10(2)18(8-14(16)19)9-15(20)17-13-6-11(3)5-12(4)7-13/h5-7,10H,8-9H2,1-4H3,(H2,16,19)(H,17,20). The van der Waals surface area contributed by atoms with Crippen LogP contribution in [0.25, 0.3) is 0 Å². The van der Waals surface area contributed by atoms with Gasteiger partial charge < -0.3 is 11.1 Å². The maximum atomic E-state index is 12.0. The number of aryl methyl sites for hydroxylation is 2. The largest absolute Gasteiger partial charge is 0.369 e. The number of rotatable bonds is 6. The number of amides is 2. The number of nitrogens with one attached hydrogen (secondary N) is 1. The topological polar surface area (TPSA) is 75.4 Å². The van der Waals surface area contributed by atoms with Crippen LogP contribution in [0, 0.1) is 13.8 Å². The molecule has 5 heteroatoms. The van der Waals surface area contributed by atoms with Crippen molar-refractivity contribution in [2.45, 2.75) is 33.7 Å². The van der Waals surface area contributed by atoms with Crippen molar-refractivity contribution >= 4 is 17.5 Å².